The van der Waals surface area contributed by atoms with Crippen LogP contribution >= 0.6 is 0 Å². The summed E-state index contributed by atoms with van der Waals surface area (Å²) in [6.45, 7) is 2.85. The van der Waals surface area contributed by atoms with E-state index in [4.69, 9.17) is 4.74 Å². The van der Waals surface area contributed by atoms with Gasteiger partial charge in [0.25, 0.3) is 5.91 Å². The SMILES string of the molecule is CCCCCCCCCCCOC(=O)CCNC(=O)c1cccc(F)c1. The number of esters is 1. The molecule has 0 unspecified atom stereocenters. The van der Waals surface area contributed by atoms with E-state index in [2.05, 4.69) is 12.2 Å². The number of benzene rings is 1. The highest BCUT2D eigenvalue weighted by molar-refractivity contribution is 5.94. The van der Waals surface area contributed by atoms with Gasteiger partial charge in [0.15, 0.2) is 0 Å². The van der Waals surface area contributed by atoms with Gasteiger partial charge in [0, 0.05) is 12.1 Å². The highest BCUT2D eigenvalue weighted by Gasteiger charge is 2.08. The lowest BCUT2D eigenvalue weighted by molar-refractivity contribution is -0.143. The summed E-state index contributed by atoms with van der Waals surface area (Å²) < 4.78 is 18.2. The van der Waals surface area contributed by atoms with Crippen molar-refractivity contribution in [3.05, 3.63) is 35.6 Å². The molecule has 0 aliphatic carbocycles. The first-order valence-corrected chi connectivity index (χ1v) is 9.83. The Morgan fingerprint density at radius 3 is 2.31 bits per heavy atom. The number of unbranched alkanes of at least 4 members (excludes halogenated alkanes) is 8. The molecule has 1 N–H and O–H groups in total. The van der Waals surface area contributed by atoms with Crippen LogP contribution in [0, 0.1) is 5.82 Å². The zero-order valence-electron chi connectivity index (χ0n) is 15.9. The summed E-state index contributed by atoms with van der Waals surface area (Å²) in [6, 6.07) is 5.45. The standard InChI is InChI=1S/C21H32FNO3/c1-2-3-4-5-6-7-8-9-10-16-26-20(24)14-15-23-21(25)18-12-11-13-19(22)17-18/h11-13,17H,2-10,14-16H2,1H3,(H,23,25). The molecule has 0 aliphatic rings. The van der Waals surface area contributed by atoms with Gasteiger partial charge in [0.05, 0.1) is 13.0 Å². The summed E-state index contributed by atoms with van der Waals surface area (Å²) in [5, 5.41) is 2.59. The second-order valence-electron chi connectivity index (χ2n) is 6.57. The van der Waals surface area contributed by atoms with Crippen molar-refractivity contribution in [3.8, 4) is 0 Å². The molecular formula is C21H32FNO3. The van der Waals surface area contributed by atoms with Gasteiger partial charge in [0.1, 0.15) is 5.82 Å². The topological polar surface area (TPSA) is 55.4 Å². The predicted molar refractivity (Wildman–Crippen MR) is 102 cm³/mol. The first-order valence-electron chi connectivity index (χ1n) is 9.83. The molecule has 0 atom stereocenters. The summed E-state index contributed by atoms with van der Waals surface area (Å²) in [6.07, 6.45) is 11.1. The van der Waals surface area contributed by atoms with E-state index in [1.807, 2.05) is 0 Å². The summed E-state index contributed by atoms with van der Waals surface area (Å²) in [7, 11) is 0. The van der Waals surface area contributed by atoms with Crippen molar-refractivity contribution in [2.24, 2.45) is 0 Å². The molecule has 0 fully saturated rings. The molecule has 0 saturated heterocycles. The molecule has 0 bridgehead atoms. The molecule has 0 aliphatic heterocycles. The van der Waals surface area contributed by atoms with E-state index in [0.717, 1.165) is 18.9 Å². The first-order chi connectivity index (χ1) is 12.6. The number of halogens is 1. The Kier molecular flexibility index (Phi) is 12.2. The van der Waals surface area contributed by atoms with Gasteiger partial charge in [0.2, 0.25) is 0 Å². The number of nitrogens with one attached hydrogen (secondary N) is 1. The molecule has 146 valence electrons. The Bertz CT molecular complexity index is 534. The lowest BCUT2D eigenvalue weighted by Gasteiger charge is -2.07. The van der Waals surface area contributed by atoms with Gasteiger partial charge in [-0.15, -0.1) is 0 Å². The van der Waals surface area contributed by atoms with Gasteiger partial charge in [-0.1, -0.05) is 64.4 Å². The van der Waals surface area contributed by atoms with Gasteiger partial charge < -0.3 is 10.1 Å². The summed E-state index contributed by atoms with van der Waals surface area (Å²) in [4.78, 5) is 23.4. The van der Waals surface area contributed by atoms with Crippen molar-refractivity contribution < 1.29 is 18.7 Å². The molecule has 0 saturated carbocycles. The fraction of sp³-hybridized carbons (Fsp3) is 0.619. The highest BCUT2D eigenvalue weighted by Crippen LogP contribution is 2.09. The maximum atomic E-state index is 13.0. The van der Waals surface area contributed by atoms with Crippen molar-refractivity contribution in [3.63, 3.8) is 0 Å². The van der Waals surface area contributed by atoms with Crippen LogP contribution in [0.5, 0.6) is 0 Å². The van der Waals surface area contributed by atoms with Crippen LogP contribution in [0.1, 0.15) is 81.5 Å². The van der Waals surface area contributed by atoms with Gasteiger partial charge in [-0.3, -0.25) is 9.59 Å². The third-order valence-electron chi connectivity index (χ3n) is 4.21. The third kappa shape index (κ3) is 10.9. The van der Waals surface area contributed by atoms with Crippen molar-refractivity contribution in [1.29, 1.82) is 0 Å². The molecule has 0 radical (unpaired) electrons. The van der Waals surface area contributed by atoms with E-state index < -0.39 is 11.7 Å². The molecule has 0 heterocycles. The van der Waals surface area contributed by atoms with Gasteiger partial charge in [-0.2, -0.15) is 0 Å². The van der Waals surface area contributed by atoms with Gasteiger partial charge >= 0.3 is 5.97 Å². The third-order valence-corrected chi connectivity index (χ3v) is 4.21. The molecule has 1 amide bonds. The Morgan fingerprint density at radius 1 is 1.00 bits per heavy atom. The van der Waals surface area contributed by atoms with Crippen molar-refractivity contribution >= 4 is 11.9 Å². The van der Waals surface area contributed by atoms with Crippen molar-refractivity contribution in [2.75, 3.05) is 13.2 Å². The number of carbonyl (C=O) groups is 2. The first kappa shape index (κ1) is 22.1. The number of carbonyl (C=O) groups excluding carboxylic acids is 2. The number of hydrogen-bond acceptors (Lipinski definition) is 3. The Morgan fingerprint density at radius 2 is 1.65 bits per heavy atom. The van der Waals surface area contributed by atoms with E-state index in [-0.39, 0.29) is 24.5 Å². The summed E-state index contributed by atoms with van der Waals surface area (Å²) in [5.74, 6) is -1.17. The van der Waals surface area contributed by atoms with Gasteiger partial charge in [-0.05, 0) is 24.6 Å². The fourth-order valence-corrected chi connectivity index (χ4v) is 2.68. The molecule has 0 spiro atoms. The maximum absolute atomic E-state index is 13.0. The number of hydrogen-bond donors (Lipinski definition) is 1. The van der Waals surface area contributed by atoms with Crippen LogP contribution in [0.4, 0.5) is 4.39 Å². The number of ether oxygens (including phenoxy) is 1. The second-order valence-corrected chi connectivity index (χ2v) is 6.57. The minimum Gasteiger partial charge on any atom is -0.466 e. The van der Waals surface area contributed by atoms with Crippen LogP contribution in [0.3, 0.4) is 0 Å². The average Bonchev–Trinajstić information content (AvgIpc) is 2.63. The molecule has 0 aromatic heterocycles. The maximum Gasteiger partial charge on any atom is 0.307 e. The minimum atomic E-state index is -0.460. The zero-order chi connectivity index (χ0) is 19.0. The number of rotatable bonds is 14. The Labute approximate surface area is 156 Å². The molecule has 1 rings (SSSR count). The Hall–Kier alpha value is -1.91. The van der Waals surface area contributed by atoms with E-state index in [9.17, 15) is 14.0 Å². The van der Waals surface area contributed by atoms with E-state index in [1.54, 1.807) is 0 Å². The summed E-state index contributed by atoms with van der Waals surface area (Å²) in [5.41, 5.74) is 0.244. The second kappa shape index (κ2) is 14.3. The molecular weight excluding hydrogens is 333 g/mol. The fourth-order valence-electron chi connectivity index (χ4n) is 2.68. The average molecular weight is 365 g/mol. The highest BCUT2D eigenvalue weighted by atomic mass is 19.1. The van der Waals surface area contributed by atoms with E-state index in [0.29, 0.717) is 6.61 Å². The van der Waals surface area contributed by atoms with Gasteiger partial charge in [-0.25, -0.2) is 4.39 Å². The largest absolute Gasteiger partial charge is 0.466 e. The molecule has 1 aromatic rings. The zero-order valence-corrected chi connectivity index (χ0v) is 15.9. The summed E-state index contributed by atoms with van der Waals surface area (Å²) >= 11 is 0. The lowest BCUT2D eigenvalue weighted by Crippen LogP contribution is -2.26. The van der Waals surface area contributed by atoms with Crippen LogP contribution in [-0.2, 0) is 9.53 Å². The van der Waals surface area contributed by atoms with Crippen LogP contribution in [-0.4, -0.2) is 25.0 Å². The lowest BCUT2D eigenvalue weighted by atomic mass is 10.1. The monoisotopic (exact) mass is 365 g/mol. The number of amides is 1. The normalized spacial score (nSPS) is 10.5. The smallest absolute Gasteiger partial charge is 0.307 e. The van der Waals surface area contributed by atoms with Crippen molar-refractivity contribution in [1.82, 2.24) is 5.32 Å². The predicted octanol–water partition coefficient (Wildman–Crippen LogP) is 5.02. The minimum absolute atomic E-state index is 0.123. The van der Waals surface area contributed by atoms with E-state index in [1.165, 1.54) is 63.1 Å². The Balaban J connectivity index is 1.96. The molecule has 4 nitrogen and oxygen atoms in total. The molecule has 26 heavy (non-hydrogen) atoms. The van der Waals surface area contributed by atoms with Crippen LogP contribution in [0.2, 0.25) is 0 Å². The van der Waals surface area contributed by atoms with E-state index >= 15 is 0 Å². The quantitative estimate of drug-likeness (QED) is 0.372. The van der Waals surface area contributed by atoms with Crippen LogP contribution in [0.15, 0.2) is 24.3 Å². The molecule has 5 heteroatoms. The van der Waals surface area contributed by atoms with Crippen LogP contribution in [0.25, 0.3) is 0 Å². The van der Waals surface area contributed by atoms with Crippen LogP contribution < -0.4 is 5.32 Å². The molecule has 1 aromatic carbocycles. The van der Waals surface area contributed by atoms with Crippen molar-refractivity contribution in [2.45, 2.75) is 71.1 Å².